The maximum Gasteiger partial charge on any atom is 0.0352 e. The monoisotopic (exact) mass is 256 g/mol. The summed E-state index contributed by atoms with van der Waals surface area (Å²) in [5.74, 6) is 0. The molecule has 0 N–H and O–H groups in total. The van der Waals surface area contributed by atoms with Crippen LogP contribution in [-0.2, 0) is 0 Å². The van der Waals surface area contributed by atoms with E-state index >= 15 is 0 Å². The molecule has 0 aliphatic heterocycles. The molecule has 0 radical (unpaired) electrons. The molecule has 0 saturated heterocycles. The van der Waals surface area contributed by atoms with Crippen molar-refractivity contribution >= 4 is 21.5 Å². The number of aromatic nitrogens is 2. The number of hydrogen-bond donors (Lipinski definition) is 0. The van der Waals surface area contributed by atoms with Crippen LogP contribution in [0.3, 0.4) is 0 Å². The predicted octanol–water partition coefficient (Wildman–Crippen LogP) is 4.45. The molecule has 2 nitrogen and oxygen atoms in total. The third-order valence-electron chi connectivity index (χ3n) is 3.65. The molecule has 0 aliphatic rings. The van der Waals surface area contributed by atoms with Gasteiger partial charge in [0.15, 0.2) is 0 Å². The molecule has 0 atom stereocenters. The highest BCUT2D eigenvalue weighted by Crippen LogP contribution is 2.33. The number of fused-ring (bicyclic) bond motifs is 3. The number of pyridine rings is 2. The number of benzene rings is 2. The third-order valence-corrected chi connectivity index (χ3v) is 3.65. The van der Waals surface area contributed by atoms with Crippen molar-refractivity contribution in [1.82, 2.24) is 9.97 Å². The SMILES string of the molecule is c1ccc2c(c1)cc(-c1ccncc1)c1ccncc12. The fraction of sp³-hybridized carbons (Fsp3) is 0. The molecule has 0 spiro atoms. The molecule has 0 bridgehead atoms. The summed E-state index contributed by atoms with van der Waals surface area (Å²) < 4.78 is 0. The zero-order valence-corrected chi connectivity index (χ0v) is 10.8. The average Bonchev–Trinajstić information content (AvgIpc) is 2.55. The minimum atomic E-state index is 1.18. The van der Waals surface area contributed by atoms with Gasteiger partial charge in [-0.2, -0.15) is 0 Å². The number of nitrogens with zero attached hydrogens (tertiary/aromatic N) is 2. The predicted molar refractivity (Wildman–Crippen MR) is 82.5 cm³/mol. The van der Waals surface area contributed by atoms with Crippen LogP contribution in [0.1, 0.15) is 0 Å². The normalized spacial score (nSPS) is 11.0. The van der Waals surface area contributed by atoms with Crippen molar-refractivity contribution in [3.05, 3.63) is 73.3 Å². The summed E-state index contributed by atoms with van der Waals surface area (Å²) in [6.07, 6.45) is 7.46. The van der Waals surface area contributed by atoms with E-state index in [0.29, 0.717) is 0 Å². The van der Waals surface area contributed by atoms with Gasteiger partial charge in [-0.15, -0.1) is 0 Å². The Morgan fingerprint density at radius 3 is 2.35 bits per heavy atom. The van der Waals surface area contributed by atoms with Crippen LogP contribution in [0.5, 0.6) is 0 Å². The molecule has 20 heavy (non-hydrogen) atoms. The minimum Gasteiger partial charge on any atom is -0.265 e. The van der Waals surface area contributed by atoms with Gasteiger partial charge in [-0.05, 0) is 51.6 Å². The Balaban J connectivity index is 2.19. The van der Waals surface area contributed by atoms with Crippen LogP contribution in [-0.4, -0.2) is 9.97 Å². The van der Waals surface area contributed by atoms with Crippen LogP contribution < -0.4 is 0 Å². The Morgan fingerprint density at radius 1 is 0.650 bits per heavy atom. The lowest BCUT2D eigenvalue weighted by atomic mass is 9.95. The summed E-state index contributed by atoms with van der Waals surface area (Å²) in [4.78, 5) is 8.39. The summed E-state index contributed by atoms with van der Waals surface area (Å²) >= 11 is 0. The highest BCUT2D eigenvalue weighted by Gasteiger charge is 2.07. The molecule has 0 fully saturated rings. The zero-order valence-electron chi connectivity index (χ0n) is 10.8. The van der Waals surface area contributed by atoms with E-state index in [4.69, 9.17) is 0 Å². The second-order valence-corrected chi connectivity index (χ2v) is 4.80. The Bertz CT molecular complexity index is 899. The summed E-state index contributed by atoms with van der Waals surface area (Å²) in [6, 6.07) is 16.8. The Hall–Kier alpha value is -2.74. The highest BCUT2D eigenvalue weighted by molar-refractivity contribution is 6.13. The zero-order chi connectivity index (χ0) is 13.4. The van der Waals surface area contributed by atoms with E-state index in [1.807, 2.05) is 36.9 Å². The summed E-state index contributed by atoms with van der Waals surface area (Å²) in [7, 11) is 0. The van der Waals surface area contributed by atoms with E-state index in [1.54, 1.807) is 0 Å². The molecule has 94 valence electrons. The third kappa shape index (κ3) is 1.66. The van der Waals surface area contributed by atoms with Crippen LogP contribution in [0, 0.1) is 0 Å². The second kappa shape index (κ2) is 4.42. The first-order valence-electron chi connectivity index (χ1n) is 6.59. The molecule has 2 aromatic carbocycles. The van der Waals surface area contributed by atoms with Gasteiger partial charge in [-0.3, -0.25) is 9.97 Å². The first-order chi connectivity index (χ1) is 9.93. The maximum atomic E-state index is 4.29. The number of rotatable bonds is 1. The fourth-order valence-corrected chi connectivity index (χ4v) is 2.72. The van der Waals surface area contributed by atoms with Gasteiger partial charge in [0.25, 0.3) is 0 Å². The molecule has 0 unspecified atom stereocenters. The molecule has 2 heteroatoms. The van der Waals surface area contributed by atoms with Crippen LogP contribution in [0.25, 0.3) is 32.7 Å². The molecule has 0 amide bonds. The van der Waals surface area contributed by atoms with Crippen LogP contribution in [0.2, 0.25) is 0 Å². The average molecular weight is 256 g/mol. The van der Waals surface area contributed by atoms with Crippen molar-refractivity contribution in [2.45, 2.75) is 0 Å². The molecular formula is C18H12N2. The van der Waals surface area contributed by atoms with Crippen molar-refractivity contribution in [2.24, 2.45) is 0 Å². The van der Waals surface area contributed by atoms with Crippen molar-refractivity contribution in [3.63, 3.8) is 0 Å². The summed E-state index contributed by atoms with van der Waals surface area (Å²) in [6.45, 7) is 0. The Labute approximate surface area is 116 Å². The first-order valence-corrected chi connectivity index (χ1v) is 6.59. The molecule has 4 rings (SSSR count). The van der Waals surface area contributed by atoms with Gasteiger partial charge in [0.1, 0.15) is 0 Å². The van der Waals surface area contributed by atoms with Gasteiger partial charge in [0.05, 0.1) is 0 Å². The largest absolute Gasteiger partial charge is 0.265 e. The molecule has 2 heterocycles. The van der Waals surface area contributed by atoms with Gasteiger partial charge >= 0.3 is 0 Å². The van der Waals surface area contributed by atoms with E-state index in [-0.39, 0.29) is 0 Å². The Kier molecular flexibility index (Phi) is 2.46. The molecular weight excluding hydrogens is 244 g/mol. The van der Waals surface area contributed by atoms with E-state index in [0.717, 1.165) is 0 Å². The van der Waals surface area contributed by atoms with Crippen molar-refractivity contribution < 1.29 is 0 Å². The van der Waals surface area contributed by atoms with Crippen LogP contribution >= 0.6 is 0 Å². The van der Waals surface area contributed by atoms with Crippen molar-refractivity contribution in [3.8, 4) is 11.1 Å². The van der Waals surface area contributed by atoms with Gasteiger partial charge in [-0.25, -0.2) is 0 Å². The van der Waals surface area contributed by atoms with E-state index in [2.05, 4.69) is 46.4 Å². The van der Waals surface area contributed by atoms with E-state index in [9.17, 15) is 0 Å². The molecule has 0 aliphatic carbocycles. The Morgan fingerprint density at radius 2 is 1.45 bits per heavy atom. The molecule has 2 aromatic heterocycles. The summed E-state index contributed by atoms with van der Waals surface area (Å²) in [5.41, 5.74) is 2.41. The van der Waals surface area contributed by atoms with Crippen LogP contribution in [0.15, 0.2) is 73.3 Å². The van der Waals surface area contributed by atoms with Gasteiger partial charge in [0.2, 0.25) is 0 Å². The van der Waals surface area contributed by atoms with Crippen LogP contribution in [0.4, 0.5) is 0 Å². The van der Waals surface area contributed by atoms with Gasteiger partial charge in [0, 0.05) is 30.2 Å². The molecule has 0 saturated carbocycles. The smallest absolute Gasteiger partial charge is 0.0352 e. The van der Waals surface area contributed by atoms with E-state index in [1.165, 1.54) is 32.7 Å². The second-order valence-electron chi connectivity index (χ2n) is 4.80. The lowest BCUT2D eigenvalue weighted by molar-refractivity contribution is 1.33. The van der Waals surface area contributed by atoms with Crippen molar-refractivity contribution in [1.29, 1.82) is 0 Å². The standard InChI is InChI=1S/C18H12N2/c1-2-4-15-14(3-1)11-17(13-5-8-19-9-6-13)16-7-10-20-12-18(15)16/h1-12H. The van der Waals surface area contributed by atoms with Gasteiger partial charge < -0.3 is 0 Å². The minimum absolute atomic E-state index is 1.18. The van der Waals surface area contributed by atoms with E-state index < -0.39 is 0 Å². The quantitative estimate of drug-likeness (QED) is 0.470. The van der Waals surface area contributed by atoms with Gasteiger partial charge in [-0.1, -0.05) is 24.3 Å². The van der Waals surface area contributed by atoms with Crippen molar-refractivity contribution in [2.75, 3.05) is 0 Å². The number of hydrogen-bond acceptors (Lipinski definition) is 2. The first kappa shape index (κ1) is 11.1. The highest BCUT2D eigenvalue weighted by atomic mass is 14.6. The summed E-state index contributed by atoms with van der Waals surface area (Å²) in [5, 5.41) is 4.90. The lowest BCUT2D eigenvalue weighted by Crippen LogP contribution is -1.85. The maximum absolute atomic E-state index is 4.29. The fourth-order valence-electron chi connectivity index (χ4n) is 2.72. The topological polar surface area (TPSA) is 25.8 Å². The lowest BCUT2D eigenvalue weighted by Gasteiger charge is -2.10. The molecule has 4 aromatic rings.